The van der Waals surface area contributed by atoms with Gasteiger partial charge in [-0.2, -0.15) is 0 Å². The predicted molar refractivity (Wildman–Crippen MR) is 146 cm³/mol. The maximum atomic E-state index is 13.1. The summed E-state index contributed by atoms with van der Waals surface area (Å²) in [6.07, 6.45) is 2.17. The van der Waals surface area contributed by atoms with Crippen LogP contribution in [0.3, 0.4) is 0 Å². The average Bonchev–Trinajstić information content (AvgIpc) is 3.42. The molecule has 16 nitrogen and oxygen atoms in total. The molecule has 3 amide bonds. The first kappa shape index (κ1) is 32.2. The van der Waals surface area contributed by atoms with Gasteiger partial charge in [0.15, 0.2) is 5.96 Å². The standard InChI is InChI=1S/C25H35N9O7/c26-16(9-14-5-2-1-3-6-14)21(37)33-19(11-20(35)36)23(39)34-18(10-15-12-29-13-31-15)22(38)32-17(24(40)41)7-4-8-30-25(27)28/h1-3,5-6,12-13,16-19H,4,7-11,26H2,(H,29,31)(H,32,38)(H,33,37)(H,34,39)(H,35,36)(H,40,41)(H4,27,28,30). The van der Waals surface area contributed by atoms with Gasteiger partial charge >= 0.3 is 11.9 Å². The maximum Gasteiger partial charge on any atom is 0.326 e. The Kier molecular flexibility index (Phi) is 12.7. The van der Waals surface area contributed by atoms with Crippen LogP contribution in [0, 0.1) is 0 Å². The summed E-state index contributed by atoms with van der Waals surface area (Å²) < 4.78 is 0. The largest absolute Gasteiger partial charge is 0.481 e. The fraction of sp³-hybridized carbons (Fsp3) is 0.400. The zero-order valence-electron chi connectivity index (χ0n) is 22.2. The summed E-state index contributed by atoms with van der Waals surface area (Å²) in [6.45, 7) is 0.138. The van der Waals surface area contributed by atoms with Crippen molar-refractivity contribution in [3.05, 3.63) is 54.1 Å². The summed E-state index contributed by atoms with van der Waals surface area (Å²) in [5, 5.41) is 26.0. The number of carbonyl (C=O) groups excluding carboxylic acids is 3. The SMILES string of the molecule is NC(N)=NCCCC(NC(=O)C(Cc1cnc[nH]1)NC(=O)C(CC(=O)O)NC(=O)C(N)Cc1ccccc1)C(=O)O. The third-order valence-electron chi connectivity index (χ3n) is 5.82. The predicted octanol–water partition coefficient (Wildman–Crippen LogP) is -2.41. The molecule has 41 heavy (non-hydrogen) atoms. The minimum absolute atomic E-state index is 0.0143. The summed E-state index contributed by atoms with van der Waals surface area (Å²) in [4.78, 5) is 72.6. The molecule has 0 spiro atoms. The van der Waals surface area contributed by atoms with Crippen LogP contribution in [0.5, 0.6) is 0 Å². The quantitative estimate of drug-likeness (QED) is 0.0545. The molecule has 2 aromatic rings. The molecule has 4 unspecified atom stereocenters. The van der Waals surface area contributed by atoms with Gasteiger partial charge in [-0.15, -0.1) is 0 Å². The molecule has 0 aliphatic heterocycles. The van der Waals surface area contributed by atoms with Gasteiger partial charge in [-0.25, -0.2) is 9.78 Å². The molecule has 1 aromatic heterocycles. The van der Waals surface area contributed by atoms with E-state index in [4.69, 9.17) is 17.2 Å². The van der Waals surface area contributed by atoms with Crippen LogP contribution in [-0.2, 0) is 36.8 Å². The van der Waals surface area contributed by atoms with Crippen molar-refractivity contribution < 1.29 is 34.2 Å². The number of nitrogens with two attached hydrogens (primary N) is 3. The fourth-order valence-corrected chi connectivity index (χ4v) is 3.75. The Hall–Kier alpha value is -4.99. The van der Waals surface area contributed by atoms with E-state index in [2.05, 4.69) is 30.9 Å². The molecule has 0 aliphatic rings. The van der Waals surface area contributed by atoms with Crippen LogP contribution in [0.4, 0.5) is 0 Å². The van der Waals surface area contributed by atoms with Crippen molar-refractivity contribution in [3.8, 4) is 0 Å². The summed E-state index contributed by atoms with van der Waals surface area (Å²) in [5.74, 6) is -5.47. The lowest BCUT2D eigenvalue weighted by atomic mass is 10.0. The van der Waals surface area contributed by atoms with Gasteiger partial charge < -0.3 is 48.3 Å². The number of hydrogen-bond donors (Lipinski definition) is 9. The van der Waals surface area contributed by atoms with Gasteiger partial charge in [-0.05, 0) is 24.8 Å². The molecule has 0 saturated carbocycles. The fourth-order valence-electron chi connectivity index (χ4n) is 3.75. The number of imidazole rings is 1. The molecule has 4 atom stereocenters. The highest BCUT2D eigenvalue weighted by Crippen LogP contribution is 2.06. The Morgan fingerprint density at radius 1 is 0.902 bits per heavy atom. The van der Waals surface area contributed by atoms with Crippen molar-refractivity contribution in [1.29, 1.82) is 0 Å². The van der Waals surface area contributed by atoms with E-state index in [1.54, 1.807) is 30.3 Å². The Morgan fingerprint density at radius 2 is 1.54 bits per heavy atom. The second-order valence-corrected chi connectivity index (χ2v) is 9.15. The molecule has 0 aliphatic carbocycles. The zero-order valence-corrected chi connectivity index (χ0v) is 22.2. The van der Waals surface area contributed by atoms with Crippen LogP contribution in [0.15, 0.2) is 47.8 Å². The number of nitrogens with one attached hydrogen (secondary N) is 4. The first-order valence-electron chi connectivity index (χ1n) is 12.6. The number of H-pyrrole nitrogens is 1. The van der Waals surface area contributed by atoms with Gasteiger partial charge in [-0.3, -0.25) is 24.2 Å². The second kappa shape index (κ2) is 16.2. The molecule has 0 fully saturated rings. The van der Waals surface area contributed by atoms with Crippen LogP contribution < -0.4 is 33.2 Å². The van der Waals surface area contributed by atoms with Crippen LogP contribution in [0.25, 0.3) is 0 Å². The molecular weight excluding hydrogens is 538 g/mol. The Bertz CT molecular complexity index is 1200. The van der Waals surface area contributed by atoms with Crippen molar-refractivity contribution in [3.63, 3.8) is 0 Å². The Labute approximate surface area is 235 Å². The summed E-state index contributed by atoms with van der Waals surface area (Å²) in [7, 11) is 0. The number of aliphatic imine (C=N–C) groups is 1. The van der Waals surface area contributed by atoms with E-state index in [9.17, 15) is 34.2 Å². The summed E-state index contributed by atoms with van der Waals surface area (Å²) in [5.41, 5.74) is 17.7. The van der Waals surface area contributed by atoms with Crippen molar-refractivity contribution in [2.75, 3.05) is 6.54 Å². The van der Waals surface area contributed by atoms with Gasteiger partial charge in [0.25, 0.3) is 0 Å². The van der Waals surface area contributed by atoms with E-state index >= 15 is 0 Å². The van der Waals surface area contributed by atoms with E-state index in [-0.39, 0.29) is 38.2 Å². The molecular formula is C25H35N9O7. The highest BCUT2D eigenvalue weighted by Gasteiger charge is 2.31. The molecule has 0 bridgehead atoms. The number of hydrogen-bond acceptors (Lipinski definition) is 8. The molecule has 222 valence electrons. The van der Waals surface area contributed by atoms with Crippen LogP contribution >= 0.6 is 0 Å². The first-order valence-corrected chi connectivity index (χ1v) is 12.6. The molecule has 16 heteroatoms. The molecule has 1 aromatic carbocycles. The lowest BCUT2D eigenvalue weighted by Crippen LogP contribution is -2.58. The number of carboxylic acid groups (broad SMARTS) is 2. The normalized spacial score (nSPS) is 13.6. The Balaban J connectivity index is 2.15. The monoisotopic (exact) mass is 573 g/mol. The second-order valence-electron chi connectivity index (χ2n) is 9.15. The Morgan fingerprint density at radius 3 is 2.12 bits per heavy atom. The van der Waals surface area contributed by atoms with Gasteiger partial charge in [0, 0.05) is 24.9 Å². The number of aliphatic carboxylic acids is 2. The number of carbonyl (C=O) groups is 5. The van der Waals surface area contributed by atoms with Gasteiger partial charge in [-0.1, -0.05) is 30.3 Å². The summed E-state index contributed by atoms with van der Waals surface area (Å²) >= 11 is 0. The van der Waals surface area contributed by atoms with Gasteiger partial charge in [0.05, 0.1) is 18.8 Å². The van der Waals surface area contributed by atoms with Crippen molar-refractivity contribution in [2.24, 2.45) is 22.2 Å². The first-order chi connectivity index (χ1) is 19.5. The zero-order chi connectivity index (χ0) is 30.4. The highest BCUT2D eigenvalue weighted by molar-refractivity contribution is 5.95. The third-order valence-corrected chi connectivity index (χ3v) is 5.82. The number of carboxylic acids is 2. The topological polar surface area (TPSA) is 281 Å². The van der Waals surface area contributed by atoms with E-state index < -0.39 is 60.2 Å². The average molecular weight is 574 g/mol. The number of guanidine groups is 1. The number of aromatic nitrogens is 2. The minimum atomic E-state index is -1.58. The molecule has 12 N–H and O–H groups in total. The maximum absolute atomic E-state index is 13.1. The number of amides is 3. The number of nitrogens with zero attached hydrogens (tertiary/aromatic N) is 2. The molecule has 2 rings (SSSR count). The van der Waals surface area contributed by atoms with Crippen LogP contribution in [0.1, 0.15) is 30.5 Å². The smallest absolute Gasteiger partial charge is 0.326 e. The van der Waals surface area contributed by atoms with Crippen molar-refractivity contribution in [2.45, 2.75) is 56.3 Å². The summed E-state index contributed by atoms with van der Waals surface area (Å²) in [6, 6.07) is 3.52. The highest BCUT2D eigenvalue weighted by atomic mass is 16.4. The van der Waals surface area contributed by atoms with E-state index in [1.165, 1.54) is 12.5 Å². The molecule has 0 radical (unpaired) electrons. The van der Waals surface area contributed by atoms with Crippen molar-refractivity contribution >= 4 is 35.6 Å². The van der Waals surface area contributed by atoms with Gasteiger partial charge in [0.1, 0.15) is 18.1 Å². The van der Waals surface area contributed by atoms with E-state index in [0.29, 0.717) is 5.69 Å². The minimum Gasteiger partial charge on any atom is -0.481 e. The third kappa shape index (κ3) is 11.7. The molecule has 1 heterocycles. The van der Waals surface area contributed by atoms with Crippen molar-refractivity contribution in [1.82, 2.24) is 25.9 Å². The number of benzene rings is 1. The van der Waals surface area contributed by atoms with Crippen LogP contribution in [0.2, 0.25) is 0 Å². The molecule has 0 saturated heterocycles. The van der Waals surface area contributed by atoms with E-state index in [1.807, 2.05) is 0 Å². The van der Waals surface area contributed by atoms with Crippen LogP contribution in [-0.4, -0.2) is 86.5 Å². The lowest BCUT2D eigenvalue weighted by Gasteiger charge is -2.24. The lowest BCUT2D eigenvalue weighted by molar-refractivity contribution is -0.143. The van der Waals surface area contributed by atoms with Gasteiger partial charge in [0.2, 0.25) is 17.7 Å². The van der Waals surface area contributed by atoms with E-state index in [0.717, 1.165) is 5.56 Å². The number of aromatic amines is 1. The number of rotatable bonds is 17.